The van der Waals surface area contributed by atoms with Gasteiger partial charge >= 0.3 is 6.36 Å². The van der Waals surface area contributed by atoms with Crippen molar-refractivity contribution in [1.82, 2.24) is 10.2 Å². The molecule has 4 nitrogen and oxygen atoms in total. The third kappa shape index (κ3) is 5.47. The summed E-state index contributed by atoms with van der Waals surface area (Å²) in [6.45, 7) is 0.129. The van der Waals surface area contributed by atoms with Gasteiger partial charge in [0.15, 0.2) is 0 Å². The Kier molecular flexibility index (Phi) is 5.70. The molecule has 1 unspecified atom stereocenters. The van der Waals surface area contributed by atoms with Crippen molar-refractivity contribution in [3.05, 3.63) is 65.7 Å². The van der Waals surface area contributed by atoms with Gasteiger partial charge in [-0.3, -0.25) is 9.69 Å². The molecule has 0 aliphatic heterocycles. The molecule has 7 heteroatoms. The lowest BCUT2D eigenvalue weighted by Gasteiger charge is -2.28. The molecule has 0 saturated heterocycles. The summed E-state index contributed by atoms with van der Waals surface area (Å²) < 4.78 is 42.1. The lowest BCUT2D eigenvalue weighted by atomic mass is 10.0. The molecule has 2 aromatic carbocycles. The van der Waals surface area contributed by atoms with Gasteiger partial charge in [-0.15, -0.1) is 13.2 Å². The molecule has 1 saturated carbocycles. The fraction of sp³-hybridized carbons (Fsp3) is 0.350. The van der Waals surface area contributed by atoms with Crippen molar-refractivity contribution >= 4 is 5.91 Å². The third-order valence-corrected chi connectivity index (χ3v) is 4.35. The summed E-state index contributed by atoms with van der Waals surface area (Å²) >= 11 is 0. The van der Waals surface area contributed by atoms with Crippen LogP contribution in [0.15, 0.2) is 54.6 Å². The number of nitrogens with one attached hydrogen (secondary N) is 1. The van der Waals surface area contributed by atoms with Gasteiger partial charge in [0, 0.05) is 18.2 Å². The molecule has 1 amide bonds. The Labute approximate surface area is 155 Å². The van der Waals surface area contributed by atoms with Gasteiger partial charge in [-0.05, 0) is 31.5 Å². The summed E-state index contributed by atoms with van der Waals surface area (Å²) in [6, 6.07) is 14.8. The SMILES string of the molecule is CN(Cc1ccccc1OC(F)(F)F)C(C(=O)NC1CC1)c1ccccc1. The number of alkyl halides is 3. The first-order chi connectivity index (χ1) is 12.8. The van der Waals surface area contributed by atoms with Crippen molar-refractivity contribution in [1.29, 1.82) is 0 Å². The highest BCUT2D eigenvalue weighted by molar-refractivity contribution is 5.83. The first-order valence-corrected chi connectivity index (χ1v) is 8.73. The van der Waals surface area contributed by atoms with E-state index >= 15 is 0 Å². The molecule has 27 heavy (non-hydrogen) atoms. The average molecular weight is 378 g/mol. The fourth-order valence-electron chi connectivity index (χ4n) is 2.97. The van der Waals surface area contributed by atoms with Crippen molar-refractivity contribution in [2.45, 2.75) is 37.8 Å². The van der Waals surface area contributed by atoms with E-state index in [1.165, 1.54) is 12.1 Å². The van der Waals surface area contributed by atoms with Gasteiger partial charge < -0.3 is 10.1 Å². The van der Waals surface area contributed by atoms with E-state index < -0.39 is 12.4 Å². The molecule has 1 N–H and O–H groups in total. The quantitative estimate of drug-likeness (QED) is 0.791. The predicted molar refractivity (Wildman–Crippen MR) is 94.9 cm³/mol. The van der Waals surface area contributed by atoms with Crippen molar-refractivity contribution in [2.24, 2.45) is 0 Å². The van der Waals surface area contributed by atoms with E-state index in [9.17, 15) is 18.0 Å². The van der Waals surface area contributed by atoms with Gasteiger partial charge in [-0.1, -0.05) is 48.5 Å². The smallest absolute Gasteiger partial charge is 0.405 e. The topological polar surface area (TPSA) is 41.6 Å². The third-order valence-electron chi connectivity index (χ3n) is 4.35. The Hall–Kier alpha value is -2.54. The first kappa shape index (κ1) is 19.2. The number of halogens is 3. The van der Waals surface area contributed by atoms with Gasteiger partial charge in [0.1, 0.15) is 11.8 Å². The number of amides is 1. The zero-order valence-electron chi connectivity index (χ0n) is 14.9. The van der Waals surface area contributed by atoms with Crippen LogP contribution in [-0.4, -0.2) is 30.3 Å². The maximum Gasteiger partial charge on any atom is 0.573 e. The van der Waals surface area contributed by atoms with Crippen molar-refractivity contribution < 1.29 is 22.7 Å². The molecule has 0 spiro atoms. The Bertz CT molecular complexity index is 776. The number of hydrogen-bond donors (Lipinski definition) is 1. The molecule has 1 atom stereocenters. The minimum absolute atomic E-state index is 0.129. The summed E-state index contributed by atoms with van der Waals surface area (Å²) in [5, 5.41) is 2.98. The Morgan fingerprint density at radius 3 is 2.41 bits per heavy atom. The minimum atomic E-state index is -4.77. The van der Waals surface area contributed by atoms with Crippen LogP contribution in [0.1, 0.15) is 30.0 Å². The molecule has 144 valence electrons. The van der Waals surface area contributed by atoms with Crippen LogP contribution in [0.3, 0.4) is 0 Å². The normalized spacial score (nSPS) is 15.4. The molecular weight excluding hydrogens is 357 g/mol. The number of benzene rings is 2. The lowest BCUT2D eigenvalue weighted by Crippen LogP contribution is -2.39. The number of carbonyl (C=O) groups excluding carboxylic acids is 1. The summed E-state index contributed by atoms with van der Waals surface area (Å²) in [4.78, 5) is 14.5. The molecule has 0 heterocycles. The number of nitrogens with zero attached hydrogens (tertiary/aromatic N) is 1. The maximum absolute atomic E-state index is 12.8. The highest BCUT2D eigenvalue weighted by Gasteiger charge is 2.33. The Morgan fingerprint density at radius 1 is 1.15 bits per heavy atom. The molecule has 1 aliphatic rings. The second-order valence-electron chi connectivity index (χ2n) is 6.67. The van der Waals surface area contributed by atoms with Crippen molar-refractivity contribution in [3.63, 3.8) is 0 Å². The van der Waals surface area contributed by atoms with Gasteiger partial charge in [0.05, 0.1) is 0 Å². The van der Waals surface area contributed by atoms with Crippen LogP contribution < -0.4 is 10.1 Å². The molecule has 3 rings (SSSR count). The van der Waals surface area contributed by atoms with E-state index in [0.29, 0.717) is 5.56 Å². The number of likely N-dealkylation sites (N-methyl/N-ethyl adjacent to an activating group) is 1. The monoisotopic (exact) mass is 378 g/mol. The van der Waals surface area contributed by atoms with Gasteiger partial charge in [0.2, 0.25) is 5.91 Å². The van der Waals surface area contributed by atoms with E-state index in [4.69, 9.17) is 0 Å². The molecule has 0 aromatic heterocycles. The van der Waals surface area contributed by atoms with Crippen LogP contribution in [0, 0.1) is 0 Å². The van der Waals surface area contributed by atoms with Crippen LogP contribution in [0.5, 0.6) is 5.75 Å². The molecule has 1 fully saturated rings. The second kappa shape index (κ2) is 8.00. The largest absolute Gasteiger partial charge is 0.573 e. The number of hydrogen-bond acceptors (Lipinski definition) is 3. The standard InChI is InChI=1S/C20H21F3N2O2/c1-25(13-15-9-5-6-10-17(15)27-20(21,22)23)18(14-7-3-2-4-8-14)19(26)24-16-11-12-16/h2-10,16,18H,11-13H2,1H3,(H,24,26). The first-order valence-electron chi connectivity index (χ1n) is 8.73. The zero-order valence-corrected chi connectivity index (χ0v) is 14.9. The van der Waals surface area contributed by atoms with Crippen LogP contribution in [0.25, 0.3) is 0 Å². The Balaban J connectivity index is 1.82. The van der Waals surface area contributed by atoms with Crippen molar-refractivity contribution in [3.8, 4) is 5.75 Å². The summed E-state index contributed by atoms with van der Waals surface area (Å²) in [6.07, 6.45) is -2.85. The van der Waals surface area contributed by atoms with E-state index in [1.54, 1.807) is 24.1 Å². The summed E-state index contributed by atoms with van der Waals surface area (Å²) in [5.41, 5.74) is 1.14. The highest BCUT2D eigenvalue weighted by atomic mass is 19.4. The molecule has 2 aromatic rings. The molecular formula is C20H21F3N2O2. The van der Waals surface area contributed by atoms with Crippen molar-refractivity contribution in [2.75, 3.05) is 7.05 Å². The van der Waals surface area contributed by atoms with Crippen LogP contribution >= 0.6 is 0 Å². The second-order valence-corrected chi connectivity index (χ2v) is 6.67. The van der Waals surface area contributed by atoms with Gasteiger partial charge in [-0.25, -0.2) is 0 Å². The van der Waals surface area contributed by atoms with Gasteiger partial charge in [0.25, 0.3) is 0 Å². The van der Waals surface area contributed by atoms with E-state index in [-0.39, 0.29) is 24.2 Å². The van der Waals surface area contributed by atoms with E-state index in [0.717, 1.165) is 18.4 Å². The number of carbonyl (C=O) groups is 1. The molecule has 1 aliphatic carbocycles. The number of rotatable bonds is 7. The predicted octanol–water partition coefficient (Wildman–Crippen LogP) is 4.04. The Morgan fingerprint density at radius 2 is 1.78 bits per heavy atom. The van der Waals surface area contributed by atoms with Crippen LogP contribution in [0.2, 0.25) is 0 Å². The number of ether oxygens (including phenoxy) is 1. The van der Waals surface area contributed by atoms with E-state index in [1.807, 2.05) is 30.3 Å². The zero-order chi connectivity index (χ0) is 19.4. The van der Waals surface area contributed by atoms with Crippen LogP contribution in [-0.2, 0) is 11.3 Å². The minimum Gasteiger partial charge on any atom is -0.405 e. The summed E-state index contributed by atoms with van der Waals surface area (Å²) in [7, 11) is 1.72. The molecule has 0 radical (unpaired) electrons. The van der Waals surface area contributed by atoms with Gasteiger partial charge in [-0.2, -0.15) is 0 Å². The van der Waals surface area contributed by atoms with E-state index in [2.05, 4.69) is 10.1 Å². The number of para-hydroxylation sites is 1. The molecule has 0 bridgehead atoms. The van der Waals surface area contributed by atoms with Crippen LogP contribution in [0.4, 0.5) is 13.2 Å². The fourth-order valence-corrected chi connectivity index (χ4v) is 2.97. The average Bonchev–Trinajstić information content (AvgIpc) is 3.40. The lowest BCUT2D eigenvalue weighted by molar-refractivity contribution is -0.275. The maximum atomic E-state index is 12.8. The highest BCUT2D eigenvalue weighted by Crippen LogP contribution is 2.30. The summed E-state index contributed by atoms with van der Waals surface area (Å²) in [5.74, 6) is -0.410.